The predicted octanol–water partition coefficient (Wildman–Crippen LogP) is -0.959. The van der Waals surface area contributed by atoms with Gasteiger partial charge in [-0.25, -0.2) is 0 Å². The molecule has 0 atom stereocenters. The predicted molar refractivity (Wildman–Crippen MR) is 41.4 cm³/mol. The smallest absolute Gasteiger partial charge is 0.0689 e. The molecule has 17 heavy (non-hydrogen) atoms. The van der Waals surface area contributed by atoms with E-state index in [1.807, 2.05) is 0 Å². The van der Waals surface area contributed by atoms with Crippen LogP contribution >= 0.6 is 0 Å². The molecule has 0 rings (SSSR count). The molecule has 0 N–H and O–H groups in total. The van der Waals surface area contributed by atoms with Gasteiger partial charge in [-0.15, -0.1) is 0 Å². The molecule has 0 aromatic carbocycles. The second-order valence-corrected chi connectivity index (χ2v) is 0.894. The molecule has 0 aromatic heterocycles. The van der Waals surface area contributed by atoms with Crippen LogP contribution < -0.4 is 0 Å². The molecular weight excluding hydrogens is 300 g/mol. The van der Waals surface area contributed by atoms with Gasteiger partial charge in [0, 0.05) is 17.4 Å². The third-order valence-corrected chi connectivity index (χ3v) is 0. The van der Waals surface area contributed by atoms with Gasteiger partial charge in [-0.05, 0) is 0 Å². The van der Waals surface area contributed by atoms with Gasteiger partial charge < -0.3 is 61.3 Å². The van der Waals surface area contributed by atoms with Gasteiger partial charge in [0.25, 0.3) is 0 Å². The van der Waals surface area contributed by atoms with E-state index >= 15 is 0 Å². The first-order chi connectivity index (χ1) is 6.93. The first kappa shape index (κ1) is 29.3. The summed E-state index contributed by atoms with van der Waals surface area (Å²) in [5.74, 6) is 0. The van der Waals surface area contributed by atoms with Gasteiger partial charge in [0.15, 0.2) is 0 Å². The third-order valence-electron chi connectivity index (χ3n) is 0. The normalized spacial score (nSPS) is 5.65. The maximum absolute atomic E-state index is 8.25. The largest absolute Gasteiger partial charge is 0.356 e. The Hall–Kier alpha value is -2.67. The minimum absolute atomic E-state index is 0. The van der Waals surface area contributed by atoms with E-state index in [0.29, 0.717) is 0 Å². The van der Waals surface area contributed by atoms with E-state index in [-0.39, 0.29) is 17.4 Å². The summed E-state index contributed by atoms with van der Waals surface area (Å²) in [5, 5.41) is 59.0. The zero-order chi connectivity index (χ0) is 14.3. The van der Waals surface area contributed by atoms with Gasteiger partial charge >= 0.3 is 0 Å². The fourth-order valence-corrected chi connectivity index (χ4v) is 0. The van der Waals surface area contributed by atoms with E-state index in [2.05, 4.69) is 0 Å². The van der Waals surface area contributed by atoms with Crippen LogP contribution in [-0.2, 0) is 17.4 Å². The van der Waals surface area contributed by atoms with Gasteiger partial charge in [0.2, 0.25) is 0 Å². The topological polar surface area (TPSA) is 265 Å². The number of hydrogen-bond acceptors (Lipinski definition) is 12. The molecule has 0 aliphatic heterocycles. The van der Waals surface area contributed by atoms with Gasteiger partial charge in [0.1, 0.15) is 0 Å². The maximum Gasteiger partial charge on any atom is 0.0689 e. The average Bonchev–Trinajstić information content (AvgIpc) is 1.76. The molecule has 0 fully saturated rings. The third kappa shape index (κ3) is 241. The summed E-state index contributed by atoms with van der Waals surface area (Å²) in [6.07, 6.45) is 0. The Bertz CT molecular complexity index is 159. The van der Waals surface area contributed by atoms with Crippen molar-refractivity contribution in [3.8, 4) is 0 Å². The van der Waals surface area contributed by atoms with E-state index in [0.717, 1.165) is 0 Å². The van der Waals surface area contributed by atoms with E-state index in [9.17, 15) is 0 Å². The Morgan fingerprint density at radius 3 is 0.412 bits per heavy atom. The second-order valence-electron chi connectivity index (χ2n) is 0.894. The van der Waals surface area contributed by atoms with Crippen molar-refractivity contribution < 1.29 is 37.7 Å². The molecule has 0 aliphatic rings. The Morgan fingerprint density at radius 1 is 0.412 bits per heavy atom. The number of rotatable bonds is 0. The molecule has 0 radical (unpaired) electrons. The maximum atomic E-state index is 8.25. The van der Waals surface area contributed by atoms with Crippen LogP contribution in [0.4, 0.5) is 0 Å². The van der Waals surface area contributed by atoms with Crippen LogP contribution in [0.15, 0.2) is 0 Å². The van der Waals surface area contributed by atoms with Crippen molar-refractivity contribution in [3.63, 3.8) is 0 Å². The van der Waals surface area contributed by atoms with Crippen molar-refractivity contribution in [2.24, 2.45) is 0 Å². The van der Waals surface area contributed by atoms with Crippen molar-refractivity contribution in [1.29, 1.82) is 0 Å². The molecule has 0 amide bonds. The molecule has 0 bridgehead atoms. The van der Waals surface area contributed by atoms with Crippen LogP contribution in [0, 0.1) is 61.3 Å². The molecule has 0 unspecified atom stereocenters. The molecule has 16 nitrogen and oxygen atoms in total. The van der Waals surface area contributed by atoms with Gasteiger partial charge in [-0.2, -0.15) is 0 Å². The fraction of sp³-hybridized carbons (Fsp3) is 0. The van der Waals surface area contributed by atoms with Gasteiger partial charge in [0.05, 0.1) is 20.3 Å². The van der Waals surface area contributed by atoms with Crippen LogP contribution in [0.1, 0.15) is 0 Å². The van der Waals surface area contributed by atoms with Crippen molar-refractivity contribution in [1.82, 2.24) is 0 Å². The van der Waals surface area contributed by atoms with Crippen LogP contribution in [0.3, 0.4) is 0 Å². The van der Waals surface area contributed by atoms with E-state index in [1.54, 1.807) is 0 Å². The van der Waals surface area contributed by atoms with E-state index < -0.39 is 20.3 Å². The molecule has 0 aromatic rings. The minimum Gasteiger partial charge on any atom is -0.356 e. The average molecular weight is 300 g/mol. The summed E-state index contributed by atoms with van der Waals surface area (Å²) < 4.78 is 0. The number of nitrogens with zero attached hydrogens (tertiary/aromatic N) is 4. The molecule has 0 spiro atoms. The monoisotopic (exact) mass is 300 g/mol. The van der Waals surface area contributed by atoms with Crippen LogP contribution in [0.2, 0.25) is 0 Å². The van der Waals surface area contributed by atoms with Crippen LogP contribution in [-0.4, -0.2) is 20.3 Å². The minimum atomic E-state index is -1.75. The second kappa shape index (κ2) is 23.3. The summed E-state index contributed by atoms with van der Waals surface area (Å²) in [4.78, 5) is 33.0. The zero-order valence-corrected chi connectivity index (χ0v) is 8.37. The molecule has 17 heteroatoms. The summed E-state index contributed by atoms with van der Waals surface area (Å²) in [6, 6.07) is 0. The quantitative estimate of drug-likeness (QED) is 0.386. The first-order valence-corrected chi connectivity index (χ1v) is 2.19. The Balaban J connectivity index is -0.0000000369. The SMILES string of the molecule is O=[N+]([O-])[O-].O=[N+]([O-])[O-].O=[N+]([O-])[O-].O=[N+]([O-])[O-].[Cr]. The van der Waals surface area contributed by atoms with Crippen molar-refractivity contribution in [2.75, 3.05) is 0 Å². The summed E-state index contributed by atoms with van der Waals surface area (Å²) in [7, 11) is 0. The Labute approximate surface area is 99.9 Å². The van der Waals surface area contributed by atoms with Gasteiger partial charge in [-0.3, -0.25) is 0 Å². The Morgan fingerprint density at radius 2 is 0.412 bits per heavy atom. The first-order valence-electron chi connectivity index (χ1n) is 2.19. The fourth-order valence-electron chi connectivity index (χ4n) is 0. The summed E-state index contributed by atoms with van der Waals surface area (Å²) >= 11 is 0. The standard InChI is InChI=1S/Cr.4NO3/c;4*2-1(3)4/q;4*-1. The van der Waals surface area contributed by atoms with E-state index in [4.69, 9.17) is 61.3 Å². The molecular formula is CrN4O12-4. The van der Waals surface area contributed by atoms with E-state index in [1.165, 1.54) is 0 Å². The van der Waals surface area contributed by atoms with Crippen LogP contribution in [0.25, 0.3) is 0 Å². The van der Waals surface area contributed by atoms with Gasteiger partial charge in [-0.1, -0.05) is 0 Å². The van der Waals surface area contributed by atoms with Crippen molar-refractivity contribution >= 4 is 0 Å². The zero-order valence-electron chi connectivity index (χ0n) is 7.10. The molecule has 0 saturated carbocycles. The molecule has 102 valence electrons. The summed E-state index contributed by atoms with van der Waals surface area (Å²) in [6.45, 7) is 0. The van der Waals surface area contributed by atoms with Crippen LogP contribution in [0.5, 0.6) is 0 Å². The summed E-state index contributed by atoms with van der Waals surface area (Å²) in [5.41, 5.74) is 0. The molecule has 0 aliphatic carbocycles. The van der Waals surface area contributed by atoms with Crippen molar-refractivity contribution in [3.05, 3.63) is 61.3 Å². The molecule has 0 heterocycles. The number of hydrogen-bond donors (Lipinski definition) is 0. The van der Waals surface area contributed by atoms with Crippen molar-refractivity contribution in [2.45, 2.75) is 0 Å². The Kier molecular flexibility index (Phi) is 40.1. The molecule has 0 saturated heterocycles.